The van der Waals surface area contributed by atoms with Crippen molar-refractivity contribution in [3.63, 3.8) is 0 Å². The van der Waals surface area contributed by atoms with Crippen LogP contribution in [0.25, 0.3) is 0 Å². The third-order valence-corrected chi connectivity index (χ3v) is 1.35. The molecule has 1 unspecified atom stereocenters. The summed E-state index contributed by atoms with van der Waals surface area (Å²) in [5.74, 6) is -0.343. The molecular weight excluding hydrogens is 154 g/mol. The van der Waals surface area contributed by atoms with Crippen molar-refractivity contribution in [2.45, 2.75) is 40.2 Å². The van der Waals surface area contributed by atoms with Crippen molar-refractivity contribution in [3.05, 3.63) is 0 Å². The normalized spacial score (nSPS) is 11.8. The Bertz CT molecular complexity index is 113. The van der Waals surface area contributed by atoms with Crippen molar-refractivity contribution >= 4 is 5.97 Å². The molecule has 0 aliphatic carbocycles. The summed E-state index contributed by atoms with van der Waals surface area (Å²) in [6.07, 6.45) is 0.686. The van der Waals surface area contributed by atoms with Gasteiger partial charge in [-0.15, -0.1) is 0 Å². The van der Waals surface area contributed by atoms with Gasteiger partial charge in [-0.05, 0) is 19.4 Å². The van der Waals surface area contributed by atoms with Gasteiger partial charge >= 0.3 is 5.97 Å². The number of hydrogen-bond donors (Lipinski definition) is 2. The summed E-state index contributed by atoms with van der Waals surface area (Å²) in [5, 5.41) is 11.3. The first-order chi connectivity index (χ1) is 5.57. The predicted molar refractivity (Wildman–Crippen MR) is 51.3 cm³/mol. The number of carbonyl (C=O) groups is 1. The largest absolute Gasteiger partial charge is 0.480 e. The van der Waals surface area contributed by atoms with Crippen LogP contribution in [0.4, 0.5) is 0 Å². The monoisotopic (exact) mass is 175 g/mol. The topological polar surface area (TPSA) is 49.3 Å². The van der Waals surface area contributed by atoms with Crippen molar-refractivity contribution in [1.82, 2.24) is 5.32 Å². The minimum absolute atomic E-state index is 0.389. The number of hydrogen-bond acceptors (Lipinski definition) is 2. The standard InChI is InChI=1S/C7H15NO2.C2H6/c1-5(2)4-6(8-3)7(9)10;1-2/h5-6,8H,4H2,1-3H3,(H,9,10);1-2H3. The fourth-order valence-electron chi connectivity index (χ4n) is 0.814. The van der Waals surface area contributed by atoms with Gasteiger partial charge in [0, 0.05) is 0 Å². The predicted octanol–water partition coefficient (Wildman–Crippen LogP) is 1.73. The zero-order chi connectivity index (χ0) is 10.1. The highest BCUT2D eigenvalue weighted by Crippen LogP contribution is 2.03. The SMILES string of the molecule is CC.CNC(CC(C)C)C(=O)O. The lowest BCUT2D eigenvalue weighted by Gasteiger charge is -2.12. The molecule has 0 heterocycles. The molecule has 0 aromatic heterocycles. The molecule has 0 spiro atoms. The van der Waals surface area contributed by atoms with Crippen molar-refractivity contribution in [2.24, 2.45) is 5.92 Å². The van der Waals surface area contributed by atoms with E-state index in [2.05, 4.69) is 5.32 Å². The molecule has 3 heteroatoms. The Labute approximate surface area is 75.2 Å². The lowest BCUT2D eigenvalue weighted by atomic mass is 10.0. The minimum Gasteiger partial charge on any atom is -0.480 e. The van der Waals surface area contributed by atoms with Crippen LogP contribution in [0.15, 0.2) is 0 Å². The highest BCUT2D eigenvalue weighted by atomic mass is 16.4. The van der Waals surface area contributed by atoms with Crippen LogP contribution >= 0.6 is 0 Å². The summed E-state index contributed by atoms with van der Waals surface area (Å²) in [6.45, 7) is 8.01. The van der Waals surface area contributed by atoms with Crippen LogP contribution in [0.3, 0.4) is 0 Å². The van der Waals surface area contributed by atoms with Crippen LogP contribution in [0.5, 0.6) is 0 Å². The Balaban J connectivity index is 0. The van der Waals surface area contributed by atoms with E-state index in [9.17, 15) is 4.79 Å². The summed E-state index contributed by atoms with van der Waals surface area (Å²) < 4.78 is 0. The maximum absolute atomic E-state index is 10.4. The van der Waals surface area contributed by atoms with E-state index in [1.54, 1.807) is 7.05 Å². The van der Waals surface area contributed by atoms with Gasteiger partial charge in [-0.25, -0.2) is 0 Å². The zero-order valence-corrected chi connectivity index (χ0v) is 8.72. The molecule has 0 aromatic carbocycles. The fraction of sp³-hybridized carbons (Fsp3) is 0.889. The number of nitrogens with one attached hydrogen (secondary N) is 1. The molecule has 0 aliphatic heterocycles. The van der Waals surface area contributed by atoms with E-state index in [0.29, 0.717) is 12.3 Å². The molecule has 74 valence electrons. The Hall–Kier alpha value is -0.570. The van der Waals surface area contributed by atoms with Gasteiger partial charge in [0.05, 0.1) is 0 Å². The molecule has 0 saturated heterocycles. The quantitative estimate of drug-likeness (QED) is 0.684. The van der Waals surface area contributed by atoms with Crippen LogP contribution < -0.4 is 5.32 Å². The highest BCUT2D eigenvalue weighted by molar-refractivity contribution is 5.73. The van der Waals surface area contributed by atoms with Crippen molar-refractivity contribution in [3.8, 4) is 0 Å². The first-order valence-corrected chi connectivity index (χ1v) is 4.48. The first kappa shape index (κ1) is 14.0. The van der Waals surface area contributed by atoms with E-state index in [4.69, 9.17) is 5.11 Å². The number of carboxylic acids is 1. The highest BCUT2D eigenvalue weighted by Gasteiger charge is 2.15. The van der Waals surface area contributed by atoms with Gasteiger partial charge in [0.25, 0.3) is 0 Å². The molecule has 0 fully saturated rings. The molecule has 12 heavy (non-hydrogen) atoms. The summed E-state index contributed by atoms with van der Waals surface area (Å²) in [5.41, 5.74) is 0. The second kappa shape index (κ2) is 8.53. The first-order valence-electron chi connectivity index (χ1n) is 4.48. The second-order valence-electron chi connectivity index (χ2n) is 2.81. The van der Waals surface area contributed by atoms with Gasteiger partial charge in [-0.1, -0.05) is 27.7 Å². The second-order valence-corrected chi connectivity index (χ2v) is 2.81. The van der Waals surface area contributed by atoms with E-state index >= 15 is 0 Å². The van der Waals surface area contributed by atoms with Crippen molar-refractivity contribution in [2.75, 3.05) is 7.05 Å². The van der Waals surface area contributed by atoms with Crippen LogP contribution in [0.1, 0.15) is 34.1 Å². The number of carboxylic acid groups (broad SMARTS) is 1. The minimum atomic E-state index is -0.767. The Morgan fingerprint density at radius 2 is 1.83 bits per heavy atom. The third kappa shape index (κ3) is 7.54. The van der Waals surface area contributed by atoms with Gasteiger partial charge in [0.1, 0.15) is 6.04 Å². The molecule has 0 rings (SSSR count). The van der Waals surface area contributed by atoms with Crippen LogP contribution in [-0.2, 0) is 4.79 Å². The number of likely N-dealkylation sites (N-methyl/N-ethyl adjacent to an activating group) is 1. The molecule has 3 nitrogen and oxygen atoms in total. The van der Waals surface area contributed by atoms with Crippen molar-refractivity contribution < 1.29 is 9.90 Å². The number of aliphatic carboxylic acids is 1. The van der Waals surface area contributed by atoms with E-state index in [1.165, 1.54) is 0 Å². The van der Waals surface area contributed by atoms with Gasteiger partial charge in [-0.3, -0.25) is 4.79 Å². The summed E-state index contributed by atoms with van der Waals surface area (Å²) in [7, 11) is 1.67. The maximum Gasteiger partial charge on any atom is 0.320 e. The molecule has 2 N–H and O–H groups in total. The Morgan fingerprint density at radius 3 is 1.92 bits per heavy atom. The Morgan fingerprint density at radius 1 is 1.42 bits per heavy atom. The average molecular weight is 175 g/mol. The average Bonchev–Trinajstić information content (AvgIpc) is 2.03. The third-order valence-electron chi connectivity index (χ3n) is 1.35. The zero-order valence-electron chi connectivity index (χ0n) is 8.72. The number of rotatable bonds is 4. The summed E-state index contributed by atoms with van der Waals surface area (Å²) in [6, 6.07) is -0.389. The van der Waals surface area contributed by atoms with Gasteiger partial charge in [0.15, 0.2) is 0 Å². The van der Waals surface area contributed by atoms with Gasteiger partial charge < -0.3 is 10.4 Å². The molecule has 0 bridgehead atoms. The van der Waals surface area contributed by atoms with Crippen molar-refractivity contribution in [1.29, 1.82) is 0 Å². The molecule has 0 aromatic rings. The molecule has 1 atom stereocenters. The van der Waals surface area contributed by atoms with Gasteiger partial charge in [0.2, 0.25) is 0 Å². The molecule has 0 saturated carbocycles. The van der Waals surface area contributed by atoms with Crippen LogP contribution in [0, 0.1) is 5.92 Å². The van der Waals surface area contributed by atoms with Crippen LogP contribution in [-0.4, -0.2) is 24.2 Å². The van der Waals surface area contributed by atoms with E-state index in [1.807, 2.05) is 27.7 Å². The van der Waals surface area contributed by atoms with E-state index in [-0.39, 0.29) is 6.04 Å². The lowest BCUT2D eigenvalue weighted by Crippen LogP contribution is -2.34. The summed E-state index contributed by atoms with van der Waals surface area (Å²) >= 11 is 0. The smallest absolute Gasteiger partial charge is 0.320 e. The van der Waals surface area contributed by atoms with Crippen LogP contribution in [0.2, 0.25) is 0 Å². The fourth-order valence-corrected chi connectivity index (χ4v) is 0.814. The molecule has 0 amide bonds. The van der Waals surface area contributed by atoms with E-state index in [0.717, 1.165) is 0 Å². The molecule has 0 aliphatic rings. The molecule has 0 radical (unpaired) electrons. The maximum atomic E-state index is 10.4. The lowest BCUT2D eigenvalue weighted by molar-refractivity contribution is -0.139. The molecular formula is C9H21NO2. The van der Waals surface area contributed by atoms with Gasteiger partial charge in [-0.2, -0.15) is 0 Å². The summed E-state index contributed by atoms with van der Waals surface area (Å²) in [4.78, 5) is 10.4. The Kier molecular flexibility index (Phi) is 9.93. The van der Waals surface area contributed by atoms with E-state index < -0.39 is 5.97 Å².